The predicted molar refractivity (Wildman–Crippen MR) is 69.2 cm³/mol. The second-order valence-electron chi connectivity index (χ2n) is 4.97. The molecule has 0 saturated carbocycles. The quantitative estimate of drug-likeness (QED) is 0.790. The van der Waals surface area contributed by atoms with Crippen molar-refractivity contribution in [2.24, 2.45) is 5.92 Å². The average Bonchev–Trinajstić information content (AvgIpc) is 2.81. The molecule has 1 aromatic rings. The van der Waals surface area contributed by atoms with Crippen molar-refractivity contribution in [1.82, 2.24) is 9.88 Å². The van der Waals surface area contributed by atoms with E-state index >= 15 is 0 Å². The van der Waals surface area contributed by atoms with E-state index in [1.54, 1.807) is 0 Å². The molecule has 1 fully saturated rings. The van der Waals surface area contributed by atoms with Crippen molar-refractivity contribution in [3.63, 3.8) is 0 Å². The van der Waals surface area contributed by atoms with Crippen LogP contribution < -0.4 is 0 Å². The maximum Gasteiger partial charge on any atom is 0.152 e. The van der Waals surface area contributed by atoms with Gasteiger partial charge in [-0.2, -0.15) is 0 Å². The molecule has 1 unspecified atom stereocenters. The molecule has 4 nitrogen and oxygen atoms in total. The van der Waals surface area contributed by atoms with Crippen molar-refractivity contribution in [3.8, 4) is 0 Å². The van der Waals surface area contributed by atoms with Gasteiger partial charge in [0.2, 0.25) is 0 Å². The van der Waals surface area contributed by atoms with E-state index < -0.39 is 0 Å². The molecule has 0 amide bonds. The molecule has 2 heterocycles. The number of ketones is 1. The SMILES string of the molecule is Cc1cccc(CN(C)CC(=O)C2CCOC2)n1. The third-order valence-electron chi connectivity index (χ3n) is 3.19. The van der Waals surface area contributed by atoms with Crippen LogP contribution in [0.1, 0.15) is 17.8 Å². The second-order valence-corrected chi connectivity index (χ2v) is 4.97. The van der Waals surface area contributed by atoms with Gasteiger partial charge in [0, 0.05) is 24.8 Å². The summed E-state index contributed by atoms with van der Waals surface area (Å²) in [7, 11) is 1.96. The number of hydrogen-bond acceptors (Lipinski definition) is 4. The van der Waals surface area contributed by atoms with E-state index in [9.17, 15) is 4.79 Å². The van der Waals surface area contributed by atoms with Crippen LogP contribution in [0, 0.1) is 12.8 Å². The smallest absolute Gasteiger partial charge is 0.152 e. The van der Waals surface area contributed by atoms with Gasteiger partial charge in [-0.15, -0.1) is 0 Å². The van der Waals surface area contributed by atoms with Gasteiger partial charge in [-0.25, -0.2) is 0 Å². The van der Waals surface area contributed by atoms with Crippen molar-refractivity contribution < 1.29 is 9.53 Å². The maximum atomic E-state index is 12.0. The summed E-state index contributed by atoms with van der Waals surface area (Å²) >= 11 is 0. The van der Waals surface area contributed by atoms with Crippen molar-refractivity contribution in [1.29, 1.82) is 0 Å². The number of carbonyl (C=O) groups is 1. The number of hydrogen-bond donors (Lipinski definition) is 0. The lowest BCUT2D eigenvalue weighted by atomic mass is 10.0. The van der Waals surface area contributed by atoms with E-state index in [-0.39, 0.29) is 11.7 Å². The van der Waals surface area contributed by atoms with Gasteiger partial charge in [0.1, 0.15) is 0 Å². The van der Waals surface area contributed by atoms with Crippen LogP contribution in [0.5, 0.6) is 0 Å². The number of aryl methyl sites for hydroxylation is 1. The van der Waals surface area contributed by atoms with Crippen LogP contribution in [0.2, 0.25) is 0 Å². The number of ether oxygens (including phenoxy) is 1. The molecular weight excluding hydrogens is 228 g/mol. The van der Waals surface area contributed by atoms with Gasteiger partial charge in [0.15, 0.2) is 5.78 Å². The van der Waals surface area contributed by atoms with E-state index in [0.29, 0.717) is 19.7 Å². The molecule has 0 bridgehead atoms. The minimum atomic E-state index is 0.0953. The van der Waals surface area contributed by atoms with Gasteiger partial charge in [0.25, 0.3) is 0 Å². The molecule has 0 aromatic carbocycles. The van der Waals surface area contributed by atoms with Crippen molar-refractivity contribution in [2.45, 2.75) is 19.9 Å². The van der Waals surface area contributed by atoms with Gasteiger partial charge in [0.05, 0.1) is 18.8 Å². The van der Waals surface area contributed by atoms with E-state index in [4.69, 9.17) is 4.74 Å². The van der Waals surface area contributed by atoms with Gasteiger partial charge < -0.3 is 4.74 Å². The third-order valence-corrected chi connectivity index (χ3v) is 3.19. The largest absolute Gasteiger partial charge is 0.381 e. The Kier molecular flexibility index (Phi) is 4.44. The number of Topliss-reactive ketones (excluding diaryl/α,β-unsaturated/α-hetero) is 1. The highest BCUT2D eigenvalue weighted by molar-refractivity contribution is 5.83. The number of likely N-dealkylation sites (N-methyl/N-ethyl adjacent to an activating group) is 1. The van der Waals surface area contributed by atoms with Crippen LogP contribution in [0.4, 0.5) is 0 Å². The summed E-state index contributed by atoms with van der Waals surface area (Å²) in [6.45, 7) is 4.48. The van der Waals surface area contributed by atoms with Crippen molar-refractivity contribution in [2.75, 3.05) is 26.8 Å². The molecule has 0 spiro atoms. The number of rotatable bonds is 5. The molecule has 1 aromatic heterocycles. The minimum absolute atomic E-state index is 0.0953. The van der Waals surface area contributed by atoms with Crippen LogP contribution in [0.25, 0.3) is 0 Å². The highest BCUT2D eigenvalue weighted by Crippen LogP contribution is 2.14. The van der Waals surface area contributed by atoms with Crippen LogP contribution in [0.15, 0.2) is 18.2 Å². The van der Waals surface area contributed by atoms with E-state index in [0.717, 1.165) is 24.4 Å². The molecule has 1 aliphatic rings. The summed E-state index contributed by atoms with van der Waals surface area (Å²) < 4.78 is 5.24. The third kappa shape index (κ3) is 3.62. The Hall–Kier alpha value is -1.26. The van der Waals surface area contributed by atoms with Crippen molar-refractivity contribution in [3.05, 3.63) is 29.6 Å². The summed E-state index contributed by atoms with van der Waals surface area (Å²) in [5, 5.41) is 0. The Bertz CT molecular complexity index is 414. The summed E-state index contributed by atoms with van der Waals surface area (Å²) in [5.74, 6) is 0.376. The van der Waals surface area contributed by atoms with Gasteiger partial charge in [-0.3, -0.25) is 14.7 Å². The summed E-state index contributed by atoms with van der Waals surface area (Å²) in [6, 6.07) is 5.97. The Balaban J connectivity index is 1.84. The first-order chi connectivity index (χ1) is 8.65. The monoisotopic (exact) mass is 248 g/mol. The normalized spacial score (nSPS) is 19.4. The first-order valence-corrected chi connectivity index (χ1v) is 6.36. The molecule has 0 radical (unpaired) electrons. The van der Waals surface area contributed by atoms with Crippen LogP contribution >= 0.6 is 0 Å². The molecule has 0 aliphatic carbocycles. The lowest BCUT2D eigenvalue weighted by Crippen LogP contribution is -2.30. The second kappa shape index (κ2) is 6.07. The van der Waals surface area contributed by atoms with Gasteiger partial charge in [-0.05, 0) is 32.5 Å². The first kappa shape index (κ1) is 13.2. The zero-order chi connectivity index (χ0) is 13.0. The Morgan fingerprint density at radius 2 is 2.39 bits per heavy atom. The molecule has 1 aliphatic heterocycles. The van der Waals surface area contributed by atoms with Crippen LogP contribution in [-0.2, 0) is 16.1 Å². The topological polar surface area (TPSA) is 42.4 Å². The van der Waals surface area contributed by atoms with Crippen molar-refractivity contribution >= 4 is 5.78 Å². The van der Waals surface area contributed by atoms with Crippen LogP contribution in [0.3, 0.4) is 0 Å². The fourth-order valence-corrected chi connectivity index (χ4v) is 2.20. The summed E-state index contributed by atoms with van der Waals surface area (Å²) in [4.78, 5) is 18.4. The Labute approximate surface area is 108 Å². The fraction of sp³-hybridized carbons (Fsp3) is 0.571. The average molecular weight is 248 g/mol. The van der Waals surface area contributed by atoms with Crippen LogP contribution in [-0.4, -0.2) is 42.5 Å². The predicted octanol–water partition coefficient (Wildman–Crippen LogP) is 1.43. The Morgan fingerprint density at radius 1 is 1.56 bits per heavy atom. The zero-order valence-corrected chi connectivity index (χ0v) is 11.1. The first-order valence-electron chi connectivity index (χ1n) is 6.36. The molecule has 98 valence electrons. The molecule has 4 heteroatoms. The highest BCUT2D eigenvalue weighted by Gasteiger charge is 2.24. The van der Waals surface area contributed by atoms with E-state index in [1.165, 1.54) is 0 Å². The standard InChI is InChI=1S/C14H20N2O2/c1-11-4-3-5-13(15-11)8-16(2)9-14(17)12-6-7-18-10-12/h3-5,12H,6-10H2,1-2H3. The fourth-order valence-electron chi connectivity index (χ4n) is 2.20. The number of aromatic nitrogens is 1. The molecule has 1 atom stereocenters. The van der Waals surface area contributed by atoms with Gasteiger partial charge in [-0.1, -0.05) is 6.07 Å². The molecule has 18 heavy (non-hydrogen) atoms. The molecule has 0 N–H and O–H groups in total. The van der Waals surface area contributed by atoms with E-state index in [1.807, 2.05) is 37.1 Å². The molecule has 2 rings (SSSR count). The molecule has 1 saturated heterocycles. The van der Waals surface area contributed by atoms with Gasteiger partial charge >= 0.3 is 0 Å². The number of carbonyl (C=O) groups excluding carboxylic acids is 1. The Morgan fingerprint density at radius 3 is 3.06 bits per heavy atom. The summed E-state index contributed by atoms with van der Waals surface area (Å²) in [5.41, 5.74) is 2.02. The number of pyridine rings is 1. The lowest BCUT2D eigenvalue weighted by molar-refractivity contribution is -0.123. The maximum absolute atomic E-state index is 12.0. The van der Waals surface area contributed by atoms with E-state index in [2.05, 4.69) is 4.98 Å². The zero-order valence-electron chi connectivity index (χ0n) is 11.1. The summed E-state index contributed by atoms with van der Waals surface area (Å²) in [6.07, 6.45) is 0.870. The molecular formula is C14H20N2O2. The number of nitrogens with zero attached hydrogens (tertiary/aromatic N) is 2. The minimum Gasteiger partial charge on any atom is -0.381 e. The highest BCUT2D eigenvalue weighted by atomic mass is 16.5. The lowest BCUT2D eigenvalue weighted by Gasteiger charge is -2.17.